The zero-order valence-corrected chi connectivity index (χ0v) is 12.2. The summed E-state index contributed by atoms with van der Waals surface area (Å²) in [5.74, 6) is -0.729. The number of hydrogen-bond donors (Lipinski definition) is 1. The molecule has 1 N–H and O–H groups in total. The average molecular weight is 288 g/mol. The highest BCUT2D eigenvalue weighted by atomic mass is 16.4. The van der Waals surface area contributed by atoms with E-state index in [0.717, 1.165) is 31.4 Å². The van der Waals surface area contributed by atoms with Crippen LogP contribution in [0, 0.1) is 0 Å². The van der Waals surface area contributed by atoms with Crippen LogP contribution in [-0.4, -0.2) is 41.1 Å². The van der Waals surface area contributed by atoms with Crippen LogP contribution in [0.25, 0.3) is 0 Å². The van der Waals surface area contributed by atoms with Gasteiger partial charge in [-0.2, -0.15) is 0 Å². The molecular weight excluding hydrogens is 268 g/mol. The molecule has 0 atom stereocenters. The van der Waals surface area contributed by atoms with Crippen LogP contribution < -0.4 is 4.90 Å². The number of amides is 1. The minimum Gasteiger partial charge on any atom is -0.478 e. The Morgan fingerprint density at radius 2 is 1.76 bits per heavy atom. The highest BCUT2D eigenvalue weighted by Gasteiger charge is 2.51. The van der Waals surface area contributed by atoms with Crippen molar-refractivity contribution < 1.29 is 14.7 Å². The van der Waals surface area contributed by atoms with Crippen molar-refractivity contribution in [3.8, 4) is 0 Å². The number of carbonyl (C=O) groups excluding carboxylic acids is 1. The van der Waals surface area contributed by atoms with Gasteiger partial charge in [0.05, 0.1) is 12.2 Å². The molecule has 1 aromatic carbocycles. The number of hydrogen-bond acceptors (Lipinski definition) is 3. The van der Waals surface area contributed by atoms with Crippen molar-refractivity contribution in [2.45, 2.75) is 37.6 Å². The predicted molar refractivity (Wildman–Crippen MR) is 79.3 cm³/mol. The first-order chi connectivity index (χ1) is 10.0. The lowest BCUT2D eigenvalue weighted by atomic mass is 9.80. The van der Waals surface area contributed by atoms with Crippen LogP contribution in [0.5, 0.6) is 0 Å². The Kier molecular flexibility index (Phi) is 3.35. The van der Waals surface area contributed by atoms with Gasteiger partial charge in [0.2, 0.25) is 5.91 Å². The van der Waals surface area contributed by atoms with Crippen molar-refractivity contribution in [3.05, 3.63) is 29.8 Å². The Morgan fingerprint density at radius 1 is 1.14 bits per heavy atom. The minimum atomic E-state index is -0.927. The van der Waals surface area contributed by atoms with Gasteiger partial charge in [-0.3, -0.25) is 4.79 Å². The monoisotopic (exact) mass is 288 g/mol. The molecule has 0 bridgehead atoms. The summed E-state index contributed by atoms with van der Waals surface area (Å²) in [7, 11) is 1.84. The van der Waals surface area contributed by atoms with Crippen molar-refractivity contribution in [3.63, 3.8) is 0 Å². The van der Waals surface area contributed by atoms with Gasteiger partial charge in [0.25, 0.3) is 0 Å². The normalized spacial score (nSPS) is 21.1. The number of nitrogens with zero attached hydrogens (tertiary/aromatic N) is 2. The Labute approximate surface area is 124 Å². The third-order valence-corrected chi connectivity index (χ3v) is 4.72. The first-order valence-electron chi connectivity index (χ1n) is 7.41. The number of anilines is 1. The summed E-state index contributed by atoms with van der Waals surface area (Å²) in [4.78, 5) is 27.5. The molecule has 112 valence electrons. The molecule has 2 fully saturated rings. The minimum absolute atomic E-state index is 0.199. The van der Waals surface area contributed by atoms with Crippen molar-refractivity contribution in [2.24, 2.45) is 0 Å². The Morgan fingerprint density at radius 3 is 2.33 bits per heavy atom. The molecule has 1 aliphatic carbocycles. The summed E-state index contributed by atoms with van der Waals surface area (Å²) in [5, 5.41) is 8.99. The SMILES string of the molecule is CN1CN(c2ccc(C(=O)O)cc2)C2(CCCCC2)C1=O. The molecule has 1 heterocycles. The summed E-state index contributed by atoms with van der Waals surface area (Å²) in [5.41, 5.74) is 0.785. The quantitative estimate of drug-likeness (QED) is 0.907. The summed E-state index contributed by atoms with van der Waals surface area (Å²) >= 11 is 0. The van der Waals surface area contributed by atoms with Gasteiger partial charge < -0.3 is 14.9 Å². The summed E-state index contributed by atoms with van der Waals surface area (Å²) in [6.07, 6.45) is 5.10. The Hall–Kier alpha value is -2.04. The molecule has 5 heteroatoms. The topological polar surface area (TPSA) is 60.9 Å². The first-order valence-corrected chi connectivity index (χ1v) is 7.41. The van der Waals surface area contributed by atoms with Crippen LogP contribution in [0.4, 0.5) is 5.69 Å². The maximum atomic E-state index is 12.6. The van der Waals surface area contributed by atoms with Gasteiger partial charge in [-0.15, -0.1) is 0 Å². The first kappa shape index (κ1) is 13.9. The fourth-order valence-electron chi connectivity index (χ4n) is 3.62. The number of carboxylic acids is 1. The number of benzene rings is 1. The zero-order chi connectivity index (χ0) is 15.0. The Balaban J connectivity index is 1.95. The summed E-state index contributed by atoms with van der Waals surface area (Å²) in [6, 6.07) is 6.84. The van der Waals surface area contributed by atoms with Crippen molar-refractivity contribution in [1.29, 1.82) is 0 Å². The number of carboxylic acid groups (broad SMARTS) is 1. The number of rotatable bonds is 2. The van der Waals surface area contributed by atoms with E-state index in [1.807, 2.05) is 19.2 Å². The lowest BCUT2D eigenvalue weighted by molar-refractivity contribution is -0.132. The smallest absolute Gasteiger partial charge is 0.335 e. The maximum Gasteiger partial charge on any atom is 0.335 e. The Bertz CT molecular complexity index is 561. The molecule has 0 radical (unpaired) electrons. The van der Waals surface area contributed by atoms with Gasteiger partial charge >= 0.3 is 5.97 Å². The molecular formula is C16H20N2O3. The number of carbonyl (C=O) groups is 2. The second-order valence-corrected chi connectivity index (χ2v) is 6.02. The van der Waals surface area contributed by atoms with E-state index in [0.29, 0.717) is 6.67 Å². The van der Waals surface area contributed by atoms with Crippen molar-refractivity contribution in [2.75, 3.05) is 18.6 Å². The second-order valence-electron chi connectivity index (χ2n) is 6.02. The molecule has 1 amide bonds. The molecule has 1 aromatic rings. The second kappa shape index (κ2) is 5.06. The molecule has 1 saturated carbocycles. The van der Waals surface area contributed by atoms with Crippen molar-refractivity contribution in [1.82, 2.24) is 4.90 Å². The van der Waals surface area contributed by atoms with Crippen LogP contribution in [0.15, 0.2) is 24.3 Å². The maximum absolute atomic E-state index is 12.6. The summed E-state index contributed by atoms with van der Waals surface area (Å²) in [6.45, 7) is 0.575. The average Bonchev–Trinajstić information content (AvgIpc) is 2.74. The largest absolute Gasteiger partial charge is 0.478 e. The van der Waals surface area contributed by atoms with E-state index in [4.69, 9.17) is 5.11 Å². The predicted octanol–water partition coefficient (Wildman–Crippen LogP) is 2.32. The fourth-order valence-corrected chi connectivity index (χ4v) is 3.62. The van der Waals surface area contributed by atoms with Gasteiger partial charge in [-0.1, -0.05) is 19.3 Å². The molecule has 1 spiro atoms. The molecule has 1 aliphatic heterocycles. The molecule has 21 heavy (non-hydrogen) atoms. The molecule has 1 saturated heterocycles. The lowest BCUT2D eigenvalue weighted by Gasteiger charge is -2.39. The van der Waals surface area contributed by atoms with Crippen LogP contribution in [-0.2, 0) is 4.79 Å². The fraction of sp³-hybridized carbons (Fsp3) is 0.500. The van der Waals surface area contributed by atoms with E-state index in [2.05, 4.69) is 4.90 Å². The van der Waals surface area contributed by atoms with Gasteiger partial charge in [0, 0.05) is 12.7 Å². The van der Waals surface area contributed by atoms with E-state index < -0.39 is 11.5 Å². The van der Waals surface area contributed by atoms with Crippen LogP contribution in [0.3, 0.4) is 0 Å². The van der Waals surface area contributed by atoms with Crippen molar-refractivity contribution >= 4 is 17.6 Å². The lowest BCUT2D eigenvalue weighted by Crippen LogP contribution is -2.50. The van der Waals surface area contributed by atoms with Gasteiger partial charge in [0.1, 0.15) is 5.54 Å². The van der Waals surface area contributed by atoms with Crippen LogP contribution in [0.1, 0.15) is 42.5 Å². The third-order valence-electron chi connectivity index (χ3n) is 4.72. The molecule has 0 aromatic heterocycles. The standard InChI is InChI=1S/C16H20N2O3/c1-17-11-18(13-7-5-12(6-8-13)14(19)20)16(15(17)21)9-3-2-4-10-16/h5-8H,2-4,9-11H2,1H3,(H,19,20). The third kappa shape index (κ3) is 2.17. The highest BCUT2D eigenvalue weighted by molar-refractivity contribution is 5.94. The van der Waals surface area contributed by atoms with E-state index in [1.165, 1.54) is 6.42 Å². The van der Waals surface area contributed by atoms with Crippen LogP contribution >= 0.6 is 0 Å². The van der Waals surface area contributed by atoms with Gasteiger partial charge in [0.15, 0.2) is 0 Å². The van der Waals surface area contributed by atoms with E-state index >= 15 is 0 Å². The zero-order valence-electron chi connectivity index (χ0n) is 12.2. The molecule has 0 unspecified atom stereocenters. The van der Waals surface area contributed by atoms with E-state index in [9.17, 15) is 9.59 Å². The van der Waals surface area contributed by atoms with E-state index in [1.54, 1.807) is 17.0 Å². The van der Waals surface area contributed by atoms with E-state index in [-0.39, 0.29) is 11.5 Å². The summed E-state index contributed by atoms with van der Waals surface area (Å²) < 4.78 is 0. The van der Waals surface area contributed by atoms with Crippen LogP contribution in [0.2, 0.25) is 0 Å². The molecule has 5 nitrogen and oxygen atoms in total. The molecule has 3 rings (SSSR count). The molecule has 2 aliphatic rings. The highest BCUT2D eigenvalue weighted by Crippen LogP contribution is 2.41. The number of aromatic carboxylic acids is 1. The van der Waals surface area contributed by atoms with Gasteiger partial charge in [-0.25, -0.2) is 4.79 Å². The number of likely N-dealkylation sites (N-methyl/N-ethyl adjacent to an activating group) is 1. The van der Waals surface area contributed by atoms with Gasteiger partial charge in [-0.05, 0) is 37.1 Å².